The lowest BCUT2D eigenvalue weighted by atomic mass is 9.79. The van der Waals surface area contributed by atoms with Crippen molar-refractivity contribution in [2.45, 2.75) is 30.2 Å². The maximum Gasteiger partial charge on any atom is 0.0947 e. The fraction of sp³-hybridized carbons (Fsp3) is 0.375. The zero-order valence-corrected chi connectivity index (χ0v) is 12.5. The van der Waals surface area contributed by atoms with E-state index in [4.69, 9.17) is 23.2 Å². The second kappa shape index (κ2) is 5.70. The van der Waals surface area contributed by atoms with Crippen molar-refractivity contribution in [3.8, 4) is 0 Å². The number of alkyl halides is 2. The van der Waals surface area contributed by atoms with Gasteiger partial charge in [0.2, 0.25) is 0 Å². The lowest BCUT2D eigenvalue weighted by molar-refractivity contribution is 0.0283. The lowest BCUT2D eigenvalue weighted by Crippen LogP contribution is -2.47. The minimum Gasteiger partial charge on any atom is -0.388 e. The summed E-state index contributed by atoms with van der Waals surface area (Å²) < 4.78 is 0. The highest BCUT2D eigenvalue weighted by Crippen LogP contribution is 2.41. The molecule has 0 aromatic heterocycles. The molecule has 1 aliphatic carbocycles. The highest BCUT2D eigenvalue weighted by Gasteiger charge is 2.43. The third-order valence-corrected chi connectivity index (χ3v) is 4.61. The van der Waals surface area contributed by atoms with Crippen LogP contribution in [-0.4, -0.2) is 21.5 Å². The first kappa shape index (κ1) is 14.6. The third kappa shape index (κ3) is 3.05. The largest absolute Gasteiger partial charge is 0.388 e. The molecular formula is C16H18Cl2O. The Morgan fingerprint density at radius 2 is 2.00 bits per heavy atom. The molecule has 0 saturated heterocycles. The normalized spacial score (nSPS) is 25.8. The highest BCUT2D eigenvalue weighted by atomic mass is 35.5. The number of hydrogen-bond donors (Lipinski definition) is 1. The smallest absolute Gasteiger partial charge is 0.0947 e. The number of hydrogen-bond acceptors (Lipinski definition) is 1. The lowest BCUT2D eigenvalue weighted by Gasteiger charge is -2.39. The Balaban J connectivity index is 2.19. The molecule has 2 unspecified atom stereocenters. The average Bonchev–Trinajstić information content (AvgIpc) is 2.40. The SMILES string of the molecule is CC(O)(CCCl)C1(Cl)C=CC(c2ccccc2)=CC1. The molecule has 0 bridgehead atoms. The predicted molar refractivity (Wildman–Crippen MR) is 82.7 cm³/mol. The van der Waals surface area contributed by atoms with Crippen molar-refractivity contribution in [3.05, 3.63) is 54.1 Å². The molecule has 19 heavy (non-hydrogen) atoms. The molecule has 2 rings (SSSR count). The minimum atomic E-state index is -1.01. The zero-order chi connectivity index (χ0) is 13.9. The van der Waals surface area contributed by atoms with Gasteiger partial charge in [0.1, 0.15) is 0 Å². The van der Waals surface area contributed by atoms with Crippen LogP contribution in [0.25, 0.3) is 5.57 Å². The monoisotopic (exact) mass is 296 g/mol. The first-order valence-corrected chi connectivity index (χ1v) is 7.32. The van der Waals surface area contributed by atoms with Crippen LogP contribution in [0.2, 0.25) is 0 Å². The summed E-state index contributed by atoms with van der Waals surface area (Å²) >= 11 is 12.3. The third-order valence-electron chi connectivity index (χ3n) is 3.73. The van der Waals surface area contributed by atoms with E-state index in [2.05, 4.69) is 18.2 Å². The Morgan fingerprint density at radius 1 is 1.32 bits per heavy atom. The van der Waals surface area contributed by atoms with Gasteiger partial charge in [-0.3, -0.25) is 0 Å². The fourth-order valence-corrected chi connectivity index (χ4v) is 2.85. The number of allylic oxidation sites excluding steroid dienone is 3. The van der Waals surface area contributed by atoms with Crippen molar-refractivity contribution in [2.24, 2.45) is 0 Å². The van der Waals surface area contributed by atoms with Gasteiger partial charge in [-0.25, -0.2) is 0 Å². The zero-order valence-electron chi connectivity index (χ0n) is 10.9. The van der Waals surface area contributed by atoms with E-state index in [0.29, 0.717) is 18.7 Å². The Labute approximate surface area is 124 Å². The summed E-state index contributed by atoms with van der Waals surface area (Å²) in [6.07, 6.45) is 7.01. The van der Waals surface area contributed by atoms with Crippen molar-refractivity contribution in [1.82, 2.24) is 0 Å². The van der Waals surface area contributed by atoms with Crippen LogP contribution in [0.5, 0.6) is 0 Å². The average molecular weight is 297 g/mol. The summed E-state index contributed by atoms with van der Waals surface area (Å²) in [6, 6.07) is 10.1. The number of halogens is 2. The van der Waals surface area contributed by atoms with Gasteiger partial charge >= 0.3 is 0 Å². The maximum absolute atomic E-state index is 10.5. The summed E-state index contributed by atoms with van der Waals surface area (Å²) in [6.45, 7) is 1.74. The van der Waals surface area contributed by atoms with Gasteiger partial charge in [-0.05, 0) is 30.9 Å². The molecule has 0 saturated carbocycles. The van der Waals surface area contributed by atoms with Crippen LogP contribution in [0.1, 0.15) is 25.3 Å². The summed E-state index contributed by atoms with van der Waals surface area (Å²) in [5.74, 6) is 0.393. The van der Waals surface area contributed by atoms with Crippen molar-refractivity contribution in [2.75, 3.05) is 5.88 Å². The van der Waals surface area contributed by atoms with E-state index in [1.807, 2.05) is 30.4 Å². The molecule has 0 aliphatic heterocycles. The molecule has 2 atom stereocenters. The van der Waals surface area contributed by atoms with E-state index in [1.165, 1.54) is 0 Å². The molecule has 1 N–H and O–H groups in total. The topological polar surface area (TPSA) is 20.2 Å². The van der Waals surface area contributed by atoms with Crippen molar-refractivity contribution in [1.29, 1.82) is 0 Å². The van der Waals surface area contributed by atoms with Crippen LogP contribution in [0.4, 0.5) is 0 Å². The van der Waals surface area contributed by atoms with E-state index in [9.17, 15) is 5.11 Å². The summed E-state index contributed by atoms with van der Waals surface area (Å²) in [7, 11) is 0. The predicted octanol–water partition coefficient (Wildman–Crippen LogP) is 4.39. The van der Waals surface area contributed by atoms with E-state index in [0.717, 1.165) is 11.1 Å². The van der Waals surface area contributed by atoms with E-state index >= 15 is 0 Å². The minimum absolute atomic E-state index is 0.393. The standard InChI is InChI=1S/C16H18Cl2O/c1-15(19,11-12-17)16(18)9-7-14(8-10-16)13-5-3-2-4-6-13/h2-9,19H,10-12H2,1H3. The van der Waals surface area contributed by atoms with Crippen LogP contribution < -0.4 is 0 Å². The van der Waals surface area contributed by atoms with Crippen molar-refractivity contribution < 1.29 is 5.11 Å². The molecule has 0 radical (unpaired) electrons. The van der Waals surface area contributed by atoms with Gasteiger partial charge in [0, 0.05) is 5.88 Å². The molecule has 3 heteroatoms. The van der Waals surface area contributed by atoms with Crippen LogP contribution in [0.3, 0.4) is 0 Å². The second-order valence-electron chi connectivity index (χ2n) is 5.14. The molecule has 1 aromatic rings. The summed E-state index contributed by atoms with van der Waals surface area (Å²) in [5.41, 5.74) is 1.29. The molecule has 0 fully saturated rings. The molecule has 102 valence electrons. The van der Waals surface area contributed by atoms with E-state index in [-0.39, 0.29) is 0 Å². The Kier molecular flexibility index (Phi) is 4.39. The first-order chi connectivity index (χ1) is 8.98. The van der Waals surface area contributed by atoms with Crippen molar-refractivity contribution >= 4 is 28.8 Å². The number of aliphatic hydroxyl groups is 1. The van der Waals surface area contributed by atoms with Gasteiger partial charge in [-0.1, -0.05) is 48.6 Å². The number of benzene rings is 1. The molecule has 0 amide bonds. The summed E-state index contributed by atoms with van der Waals surface area (Å²) in [5, 5.41) is 10.5. The second-order valence-corrected chi connectivity index (χ2v) is 6.19. The van der Waals surface area contributed by atoms with Gasteiger partial charge in [0.25, 0.3) is 0 Å². The molecule has 0 heterocycles. The van der Waals surface area contributed by atoms with Crippen molar-refractivity contribution in [3.63, 3.8) is 0 Å². The fourth-order valence-electron chi connectivity index (χ4n) is 2.25. The molecule has 0 spiro atoms. The highest BCUT2D eigenvalue weighted by molar-refractivity contribution is 6.26. The number of rotatable bonds is 4. The van der Waals surface area contributed by atoms with Gasteiger partial charge in [-0.15, -0.1) is 23.2 Å². The Bertz CT molecular complexity index is 491. The Morgan fingerprint density at radius 3 is 2.53 bits per heavy atom. The molecule has 1 aromatic carbocycles. The molecular weight excluding hydrogens is 279 g/mol. The first-order valence-electron chi connectivity index (χ1n) is 6.41. The van der Waals surface area contributed by atoms with Gasteiger partial charge < -0.3 is 5.11 Å². The van der Waals surface area contributed by atoms with E-state index in [1.54, 1.807) is 6.92 Å². The van der Waals surface area contributed by atoms with Crippen LogP contribution in [0, 0.1) is 0 Å². The molecule has 1 aliphatic rings. The van der Waals surface area contributed by atoms with Crippen LogP contribution in [0.15, 0.2) is 48.6 Å². The summed E-state index contributed by atoms with van der Waals surface area (Å²) in [4.78, 5) is -0.778. The van der Waals surface area contributed by atoms with Gasteiger partial charge in [-0.2, -0.15) is 0 Å². The van der Waals surface area contributed by atoms with Gasteiger partial charge in [0.15, 0.2) is 0 Å². The van der Waals surface area contributed by atoms with Gasteiger partial charge in [0.05, 0.1) is 10.5 Å². The maximum atomic E-state index is 10.5. The van der Waals surface area contributed by atoms with Crippen LogP contribution >= 0.6 is 23.2 Å². The van der Waals surface area contributed by atoms with Crippen LogP contribution in [-0.2, 0) is 0 Å². The Hall–Kier alpha value is -0.760. The molecule has 1 nitrogen and oxygen atoms in total. The quantitative estimate of drug-likeness (QED) is 0.817. The van der Waals surface area contributed by atoms with E-state index < -0.39 is 10.5 Å².